The fraction of sp³-hybridized carbons (Fsp3) is 0.508. The predicted octanol–water partition coefficient (Wildman–Crippen LogP) is 10.1. The summed E-state index contributed by atoms with van der Waals surface area (Å²) in [4.78, 5) is 78.6. The Morgan fingerprint density at radius 1 is 0.552 bits per heavy atom. The largest absolute Gasteiger partial charge is 0.453 e. The number of anilines is 3. The number of benzene rings is 4. The van der Waals surface area contributed by atoms with E-state index >= 15 is 17.6 Å². The average molecular weight is 1220 g/mol. The van der Waals surface area contributed by atoms with Crippen LogP contribution in [0.2, 0.25) is 0 Å². The van der Waals surface area contributed by atoms with E-state index in [4.69, 9.17) is 28.9 Å². The maximum absolute atomic E-state index is 17.1. The number of hydrogen-bond acceptors (Lipinski definition) is 13. The molecule has 464 valence electrons. The van der Waals surface area contributed by atoms with Crippen LogP contribution in [0.15, 0.2) is 60.7 Å². The maximum atomic E-state index is 17.1. The van der Waals surface area contributed by atoms with Gasteiger partial charge >= 0.3 is 18.4 Å². The predicted molar refractivity (Wildman–Crippen MR) is 305 cm³/mol. The second kappa shape index (κ2) is 24.7. The summed E-state index contributed by atoms with van der Waals surface area (Å²) in [5.41, 5.74) is 1.00. The molecule has 6 aliphatic rings. The summed E-state index contributed by atoms with van der Waals surface area (Å²) in [6.45, 7) is 3.21. The van der Waals surface area contributed by atoms with E-state index in [9.17, 15) is 32.3 Å². The zero-order valence-electron chi connectivity index (χ0n) is 48.1. The van der Waals surface area contributed by atoms with E-state index in [-0.39, 0.29) is 96.2 Å². The molecule has 0 bridgehead atoms. The highest BCUT2D eigenvalue weighted by molar-refractivity contribution is 5.88. The number of carbonyl (C=O) groups excluding carboxylic acids is 4. The molecule has 1 unspecified atom stereocenters. The Labute approximate surface area is 496 Å². The van der Waals surface area contributed by atoms with Gasteiger partial charge in [0.05, 0.1) is 66.0 Å². The van der Waals surface area contributed by atoms with Gasteiger partial charge in [-0.25, -0.2) is 37.1 Å². The number of piperazine rings is 1. The third kappa shape index (κ3) is 11.9. The quantitative estimate of drug-likeness (QED) is 0.0797. The average Bonchev–Trinajstić information content (AvgIpc) is 1.75. The Kier molecular flexibility index (Phi) is 16.9. The van der Waals surface area contributed by atoms with Crippen LogP contribution in [-0.4, -0.2) is 146 Å². The lowest BCUT2D eigenvalue weighted by Crippen LogP contribution is -2.53. The summed E-state index contributed by atoms with van der Waals surface area (Å²) in [5.74, 6) is -3.48. The number of rotatable bonds is 13. The fourth-order valence-electron chi connectivity index (χ4n) is 14.0. The third-order valence-electron chi connectivity index (χ3n) is 18.4. The topological polar surface area (TPSA) is 203 Å². The number of carbonyl (C=O) groups is 4. The summed E-state index contributed by atoms with van der Waals surface area (Å²) in [5, 5.41) is 5.50. The van der Waals surface area contributed by atoms with Crippen LogP contribution in [0.5, 0.6) is 0 Å². The van der Waals surface area contributed by atoms with Crippen molar-refractivity contribution in [3.63, 3.8) is 0 Å². The molecule has 6 aromatic rings. The highest BCUT2D eigenvalue weighted by Crippen LogP contribution is 2.50. The Morgan fingerprint density at radius 3 is 1.41 bits per heavy atom. The lowest BCUT2D eigenvalue weighted by atomic mass is 9.90. The van der Waals surface area contributed by atoms with Gasteiger partial charge in [0, 0.05) is 100 Å². The first-order chi connectivity index (χ1) is 42.0. The molecule has 19 nitrogen and oxygen atoms in total. The summed E-state index contributed by atoms with van der Waals surface area (Å²) in [6.07, 6.45) is -1.11. The first-order valence-corrected chi connectivity index (χ1v) is 29.7. The molecule has 8 heterocycles. The van der Waals surface area contributed by atoms with E-state index < -0.39 is 83.4 Å². The number of likely N-dealkylation sites (tertiary alicyclic amines) is 2. The first kappa shape index (κ1) is 59.5. The summed E-state index contributed by atoms with van der Waals surface area (Å²) >= 11 is 0. The van der Waals surface area contributed by atoms with Gasteiger partial charge in [0.1, 0.15) is 41.1 Å². The standard InChI is InChI=1S/C61H68F7N11O8/c1-84-59(82)73-52(33-13-23-86-24-14-33)57(80)77-17-3-5-50(77)55-69-44-29-38(40(62)31-46(44)71-55)48-11-12-49(79(48)37-27-42(64)54(43(65)28-37)76-21-19-75(20-22-76)36-9-7-35(8-10-36)61(66,67)68)39-30-45-47(32-41(39)63)72-56(70-45)51-6-4-18-78(51)58(81)53(74-60(83)85-2)34-15-25-87-26-16-34/h7-10,27-34,48-53H,3-6,11-26H2,1-2H3,(H,69,71)(H,70,72)(H,73,82)(H,74,83)/t48-,49-,50+,51?,52+,53+/m1/s1. The lowest BCUT2D eigenvalue weighted by Gasteiger charge is -2.38. The van der Waals surface area contributed by atoms with Crippen LogP contribution < -0.4 is 25.3 Å². The van der Waals surface area contributed by atoms with Crippen molar-refractivity contribution in [3.8, 4) is 0 Å². The van der Waals surface area contributed by atoms with Crippen LogP contribution in [0.1, 0.15) is 117 Å². The Bertz CT molecular complexity index is 3350. The molecule has 6 fully saturated rings. The number of aromatic nitrogens is 4. The van der Waals surface area contributed by atoms with Crippen LogP contribution in [0.4, 0.5) is 57.4 Å². The molecule has 2 aromatic heterocycles. The molecule has 26 heteroatoms. The van der Waals surface area contributed by atoms with Gasteiger partial charge in [0.15, 0.2) is 11.6 Å². The van der Waals surface area contributed by atoms with Crippen LogP contribution in [-0.2, 0) is 34.7 Å². The number of aromatic amines is 2. The third-order valence-corrected chi connectivity index (χ3v) is 18.4. The van der Waals surface area contributed by atoms with E-state index in [2.05, 4.69) is 20.6 Å². The van der Waals surface area contributed by atoms with Crippen molar-refractivity contribution in [2.24, 2.45) is 11.8 Å². The lowest BCUT2D eigenvalue weighted by molar-refractivity contribution is -0.138. The number of ether oxygens (including phenoxy) is 4. The number of amides is 4. The highest BCUT2D eigenvalue weighted by Gasteiger charge is 2.44. The Morgan fingerprint density at radius 2 is 0.989 bits per heavy atom. The molecule has 6 saturated heterocycles. The molecule has 0 radical (unpaired) electrons. The van der Waals surface area contributed by atoms with Gasteiger partial charge in [0.25, 0.3) is 0 Å². The second-order valence-electron chi connectivity index (χ2n) is 23.3. The second-order valence-corrected chi connectivity index (χ2v) is 23.3. The minimum absolute atomic E-state index is 0.00116. The summed E-state index contributed by atoms with van der Waals surface area (Å²) < 4.78 is 129. The van der Waals surface area contributed by atoms with Crippen LogP contribution in [0.3, 0.4) is 0 Å². The van der Waals surface area contributed by atoms with Gasteiger partial charge in [-0.3, -0.25) is 9.59 Å². The molecule has 0 saturated carbocycles. The number of hydrogen-bond donors (Lipinski definition) is 4. The molecule has 4 amide bonds. The van der Waals surface area contributed by atoms with Crippen LogP contribution >= 0.6 is 0 Å². The van der Waals surface area contributed by atoms with Gasteiger partial charge in [-0.1, -0.05) is 0 Å². The molecule has 0 aliphatic carbocycles. The van der Waals surface area contributed by atoms with Gasteiger partial charge in [-0.2, -0.15) is 13.2 Å². The molecule has 0 spiro atoms. The van der Waals surface area contributed by atoms with Crippen molar-refractivity contribution in [3.05, 3.63) is 112 Å². The van der Waals surface area contributed by atoms with E-state index in [0.717, 1.165) is 24.3 Å². The molecule has 6 atom stereocenters. The van der Waals surface area contributed by atoms with E-state index in [1.807, 2.05) is 4.90 Å². The zero-order valence-corrected chi connectivity index (χ0v) is 48.1. The van der Waals surface area contributed by atoms with Crippen molar-refractivity contribution in [2.75, 3.05) is 94.6 Å². The minimum Gasteiger partial charge on any atom is -0.453 e. The smallest absolute Gasteiger partial charge is 0.416 e. The van der Waals surface area contributed by atoms with Gasteiger partial charge in [0.2, 0.25) is 11.8 Å². The van der Waals surface area contributed by atoms with Gasteiger partial charge in [-0.15, -0.1) is 0 Å². The number of methoxy groups -OCH3 is 2. The SMILES string of the molecule is COC(=O)N[C@H](C(=O)N1CCCC1c1nc2cc(F)c([C@H]3CC[C@H](c4cc5[nH]c([C@@H]6CCCN6C(=O)[C@@H](NC(=O)OC)C6CCOCC6)nc5cc4F)N3c3cc(F)c(N4CCN(c5ccc(C(F)(F)F)cc5)CC4)c(F)c3)cc2[nH]1)C1CCOCC1. The van der Waals surface area contributed by atoms with Crippen molar-refractivity contribution in [1.82, 2.24) is 40.4 Å². The summed E-state index contributed by atoms with van der Waals surface area (Å²) in [7, 11) is 2.46. The van der Waals surface area contributed by atoms with Gasteiger partial charge in [-0.05, 0) is 125 Å². The number of alkyl halides is 3. The molecule has 4 aromatic carbocycles. The number of nitrogens with one attached hydrogen (secondary N) is 4. The number of alkyl carbamates (subject to hydrolysis) is 2. The molecule has 4 N–H and O–H groups in total. The molecule has 12 rings (SSSR count). The molecule has 6 aliphatic heterocycles. The number of halogens is 7. The fourth-order valence-corrected chi connectivity index (χ4v) is 14.0. The van der Waals surface area contributed by atoms with Crippen molar-refractivity contribution >= 4 is 63.1 Å². The molecular weight excluding hydrogens is 1150 g/mol. The highest BCUT2D eigenvalue weighted by atomic mass is 19.4. The van der Waals surface area contributed by atoms with E-state index in [1.165, 1.54) is 43.4 Å². The van der Waals surface area contributed by atoms with Crippen molar-refractivity contribution in [2.45, 2.75) is 107 Å². The minimum atomic E-state index is -4.51. The van der Waals surface area contributed by atoms with E-state index in [0.29, 0.717) is 119 Å². The monoisotopic (exact) mass is 1220 g/mol. The maximum Gasteiger partial charge on any atom is 0.416 e. The normalized spacial score (nSPS) is 22.3. The Hall–Kier alpha value is -7.87. The first-order valence-electron chi connectivity index (χ1n) is 29.7. The molecule has 87 heavy (non-hydrogen) atoms. The Balaban J connectivity index is 0.865. The molecular formula is C61H68F7N11O8. The number of H-pyrrole nitrogens is 2. The van der Waals surface area contributed by atoms with Crippen LogP contribution in [0, 0.1) is 35.1 Å². The number of fused-ring (bicyclic) bond motifs is 2. The van der Waals surface area contributed by atoms with Crippen molar-refractivity contribution < 1.29 is 68.9 Å². The van der Waals surface area contributed by atoms with Gasteiger partial charge < -0.3 is 64.0 Å². The summed E-state index contributed by atoms with van der Waals surface area (Å²) in [6, 6.07) is 7.96. The number of nitrogens with zero attached hydrogens (tertiary/aromatic N) is 7. The van der Waals surface area contributed by atoms with E-state index in [1.54, 1.807) is 26.8 Å². The zero-order chi connectivity index (χ0) is 60.8. The van der Waals surface area contributed by atoms with Crippen molar-refractivity contribution in [1.29, 1.82) is 0 Å². The number of imidazole rings is 2. The van der Waals surface area contributed by atoms with Crippen LogP contribution in [0.25, 0.3) is 22.1 Å².